The van der Waals surface area contributed by atoms with E-state index in [-0.39, 0.29) is 12.0 Å². The average Bonchev–Trinajstić information content (AvgIpc) is 3.28. The van der Waals surface area contributed by atoms with Gasteiger partial charge in [0.2, 0.25) is 0 Å². The number of nitrogens with one attached hydrogen (secondary N) is 1. The van der Waals surface area contributed by atoms with Crippen LogP contribution in [0.4, 0.5) is 8.78 Å². The van der Waals surface area contributed by atoms with E-state index < -0.39 is 17.6 Å². The largest absolute Gasteiger partial charge is 0.496 e. The van der Waals surface area contributed by atoms with Gasteiger partial charge in [0.05, 0.1) is 13.3 Å². The molecule has 1 aromatic carbocycles. The maximum atomic E-state index is 15.0. The summed E-state index contributed by atoms with van der Waals surface area (Å²) in [4.78, 5) is 21.0. The molecule has 2 aliphatic rings. The summed E-state index contributed by atoms with van der Waals surface area (Å²) in [5.41, 5.74) is 3.20. The molecule has 0 bridgehead atoms. The molecule has 3 aromatic rings. The van der Waals surface area contributed by atoms with Crippen LogP contribution in [0.5, 0.6) is 5.75 Å². The lowest BCUT2D eigenvalue weighted by molar-refractivity contribution is -0.138. The molecule has 0 saturated heterocycles. The quantitative estimate of drug-likeness (QED) is 0.477. The molecule has 2 aromatic heterocycles. The van der Waals surface area contributed by atoms with Gasteiger partial charge in [-0.3, -0.25) is 9.69 Å². The molecule has 0 radical (unpaired) electrons. The first-order valence-corrected chi connectivity index (χ1v) is 12.1. The van der Waals surface area contributed by atoms with Crippen molar-refractivity contribution in [1.82, 2.24) is 14.9 Å². The Morgan fingerprint density at radius 3 is 2.71 bits per heavy atom. The summed E-state index contributed by atoms with van der Waals surface area (Å²) in [5, 5.41) is 9.62. The Labute approximate surface area is 202 Å². The van der Waals surface area contributed by atoms with Gasteiger partial charge in [-0.1, -0.05) is 6.08 Å². The first-order valence-electron chi connectivity index (χ1n) is 12.1. The maximum Gasteiger partial charge on any atom is 0.303 e. The number of halogens is 2. The summed E-state index contributed by atoms with van der Waals surface area (Å²) in [6, 6.07) is 6.45. The first kappa shape index (κ1) is 23.5. The fraction of sp³-hybridized carbons (Fsp3) is 0.407. The minimum Gasteiger partial charge on any atom is -0.496 e. The molecule has 35 heavy (non-hydrogen) atoms. The van der Waals surface area contributed by atoms with E-state index in [2.05, 4.69) is 20.9 Å². The second-order valence-corrected chi connectivity index (χ2v) is 9.52. The Bertz CT molecular complexity index is 1280. The van der Waals surface area contributed by atoms with Gasteiger partial charge in [0.25, 0.3) is 0 Å². The number of aromatic amines is 1. The van der Waals surface area contributed by atoms with Gasteiger partial charge in [0.1, 0.15) is 23.0 Å². The van der Waals surface area contributed by atoms with E-state index in [1.165, 1.54) is 25.3 Å². The number of fused-ring (bicyclic) bond motifs is 1. The lowest BCUT2D eigenvalue weighted by atomic mass is 9.83. The molecule has 1 aliphatic heterocycles. The van der Waals surface area contributed by atoms with Crippen molar-refractivity contribution in [3.8, 4) is 16.9 Å². The van der Waals surface area contributed by atoms with Crippen molar-refractivity contribution in [2.24, 2.45) is 5.92 Å². The van der Waals surface area contributed by atoms with Crippen LogP contribution in [0.1, 0.15) is 44.2 Å². The molecular weight excluding hydrogens is 452 g/mol. The first-order chi connectivity index (χ1) is 16.9. The van der Waals surface area contributed by atoms with Crippen LogP contribution in [0.15, 0.2) is 36.5 Å². The van der Waals surface area contributed by atoms with Crippen molar-refractivity contribution < 1.29 is 23.4 Å². The van der Waals surface area contributed by atoms with Crippen LogP contribution in [0.2, 0.25) is 0 Å². The standard InChI is InChI=1S/C27H29F2N3O3/c1-35-24-7-4-18(28)13-20(24)26-21-14-23(31-27(21)30-15-22(26)29)17-8-10-32(11-9-17)19-5-2-16(3-6-19)12-25(33)34/h4,7-8,13-16,19H,2-3,5-6,9-12H2,1H3,(H,30,31)(H,33,34)/t16-,19+. The third-order valence-corrected chi connectivity index (χ3v) is 7.43. The molecule has 6 nitrogen and oxygen atoms in total. The number of nitrogens with zero attached hydrogens (tertiary/aromatic N) is 2. The van der Waals surface area contributed by atoms with Crippen LogP contribution < -0.4 is 4.74 Å². The van der Waals surface area contributed by atoms with Crippen LogP contribution in [-0.4, -0.2) is 52.2 Å². The number of methoxy groups -OCH3 is 1. The molecule has 2 N–H and O–H groups in total. The van der Waals surface area contributed by atoms with Crippen LogP contribution in [0.25, 0.3) is 27.7 Å². The summed E-state index contributed by atoms with van der Waals surface area (Å²) in [7, 11) is 1.48. The van der Waals surface area contributed by atoms with E-state index in [0.717, 1.165) is 62.7 Å². The van der Waals surface area contributed by atoms with E-state index in [1.807, 2.05) is 6.07 Å². The second-order valence-electron chi connectivity index (χ2n) is 9.52. The topological polar surface area (TPSA) is 78.5 Å². The van der Waals surface area contributed by atoms with Crippen molar-refractivity contribution in [2.75, 3.05) is 20.2 Å². The number of aliphatic carboxylic acids is 1. The number of benzene rings is 1. The van der Waals surface area contributed by atoms with Gasteiger partial charge >= 0.3 is 5.97 Å². The van der Waals surface area contributed by atoms with E-state index in [1.54, 1.807) is 0 Å². The number of rotatable bonds is 6. The molecule has 1 aliphatic carbocycles. The number of carboxylic acid groups (broad SMARTS) is 1. The Balaban J connectivity index is 1.37. The molecule has 184 valence electrons. The summed E-state index contributed by atoms with van der Waals surface area (Å²) < 4.78 is 34.3. The zero-order valence-corrected chi connectivity index (χ0v) is 19.7. The van der Waals surface area contributed by atoms with Gasteiger partial charge in [-0.15, -0.1) is 0 Å². The minimum absolute atomic E-state index is 0.269. The molecular formula is C27H29F2N3O3. The number of pyridine rings is 1. The van der Waals surface area contributed by atoms with Crippen molar-refractivity contribution in [2.45, 2.75) is 44.6 Å². The molecule has 0 atom stereocenters. The lowest BCUT2D eigenvalue weighted by Crippen LogP contribution is -2.40. The van der Waals surface area contributed by atoms with Crippen molar-refractivity contribution in [1.29, 1.82) is 0 Å². The van der Waals surface area contributed by atoms with Crippen molar-refractivity contribution in [3.63, 3.8) is 0 Å². The fourth-order valence-corrected chi connectivity index (χ4v) is 5.59. The minimum atomic E-state index is -0.703. The monoisotopic (exact) mass is 481 g/mol. The smallest absolute Gasteiger partial charge is 0.303 e. The molecule has 8 heteroatoms. The molecule has 1 fully saturated rings. The number of aromatic nitrogens is 2. The second kappa shape index (κ2) is 9.77. The number of carbonyl (C=O) groups is 1. The van der Waals surface area contributed by atoms with Gasteiger partial charge in [-0.25, -0.2) is 13.8 Å². The third kappa shape index (κ3) is 4.80. The predicted octanol–water partition coefficient (Wildman–Crippen LogP) is 5.64. The highest BCUT2D eigenvalue weighted by Gasteiger charge is 2.28. The van der Waals surface area contributed by atoms with Crippen molar-refractivity contribution >= 4 is 22.6 Å². The summed E-state index contributed by atoms with van der Waals surface area (Å²) >= 11 is 0. The summed E-state index contributed by atoms with van der Waals surface area (Å²) in [6.07, 6.45) is 8.49. The summed E-state index contributed by atoms with van der Waals surface area (Å²) in [6.45, 7) is 1.74. The van der Waals surface area contributed by atoms with Gasteiger partial charge in [-0.2, -0.15) is 0 Å². The number of ether oxygens (including phenoxy) is 1. The highest BCUT2D eigenvalue weighted by atomic mass is 19.1. The molecule has 5 rings (SSSR count). The molecule has 0 unspecified atom stereocenters. The highest BCUT2D eigenvalue weighted by molar-refractivity contribution is 5.97. The summed E-state index contributed by atoms with van der Waals surface area (Å²) in [5.74, 6) is -1.01. The molecule has 1 saturated carbocycles. The Morgan fingerprint density at radius 1 is 1.23 bits per heavy atom. The Hall–Kier alpha value is -3.26. The normalized spacial score (nSPS) is 21.2. The highest BCUT2D eigenvalue weighted by Crippen LogP contribution is 2.39. The zero-order valence-electron chi connectivity index (χ0n) is 19.7. The number of carboxylic acids is 1. The SMILES string of the molecule is COc1ccc(F)cc1-c1c(F)cnc2[nH]c(C3=CCN([C@H]4CC[C@@H](CC(=O)O)CC4)CC3)cc12. The van der Waals surface area contributed by atoms with Crippen LogP contribution in [0, 0.1) is 17.6 Å². The number of H-pyrrole nitrogens is 1. The number of hydrogen-bond donors (Lipinski definition) is 2. The van der Waals surface area contributed by atoms with Gasteiger partial charge in [0.15, 0.2) is 0 Å². The van der Waals surface area contributed by atoms with Gasteiger partial charge in [-0.05, 0) is 67.9 Å². The van der Waals surface area contributed by atoms with Crippen LogP contribution >= 0.6 is 0 Å². The number of hydrogen-bond acceptors (Lipinski definition) is 4. The van der Waals surface area contributed by atoms with E-state index in [9.17, 15) is 13.6 Å². The molecule has 0 amide bonds. The van der Waals surface area contributed by atoms with Crippen LogP contribution in [-0.2, 0) is 4.79 Å². The maximum absolute atomic E-state index is 15.0. The molecule has 0 spiro atoms. The lowest BCUT2D eigenvalue weighted by Gasteiger charge is -2.38. The Kier molecular flexibility index (Phi) is 6.56. The molecule has 3 heterocycles. The zero-order chi connectivity index (χ0) is 24.5. The Morgan fingerprint density at radius 2 is 2.03 bits per heavy atom. The van der Waals surface area contributed by atoms with Crippen molar-refractivity contribution in [3.05, 3.63) is 53.9 Å². The third-order valence-electron chi connectivity index (χ3n) is 7.43. The van der Waals surface area contributed by atoms with E-state index in [4.69, 9.17) is 9.84 Å². The van der Waals surface area contributed by atoms with E-state index in [0.29, 0.717) is 34.3 Å². The van der Waals surface area contributed by atoms with E-state index >= 15 is 0 Å². The fourth-order valence-electron chi connectivity index (χ4n) is 5.59. The average molecular weight is 482 g/mol. The van der Waals surface area contributed by atoms with Gasteiger partial charge < -0.3 is 14.8 Å². The van der Waals surface area contributed by atoms with Crippen LogP contribution in [0.3, 0.4) is 0 Å². The van der Waals surface area contributed by atoms with Gasteiger partial charge in [0, 0.05) is 47.8 Å². The predicted molar refractivity (Wildman–Crippen MR) is 130 cm³/mol.